The minimum Gasteiger partial charge on any atom is -0.393 e. The highest BCUT2D eigenvalue weighted by atomic mass is 79.9. The number of aromatic nitrogens is 3. The second kappa shape index (κ2) is 6.68. The number of anilines is 1. The van der Waals surface area contributed by atoms with Crippen molar-refractivity contribution in [2.24, 2.45) is 0 Å². The zero-order chi connectivity index (χ0) is 16.6. The minimum atomic E-state index is -2.48. The Kier molecular flexibility index (Phi) is 4.82. The third-order valence-electron chi connectivity index (χ3n) is 4.35. The van der Waals surface area contributed by atoms with Crippen LogP contribution in [-0.4, -0.2) is 38.3 Å². The van der Waals surface area contributed by atoms with E-state index >= 15 is 0 Å². The van der Waals surface area contributed by atoms with Crippen LogP contribution in [0.2, 0.25) is 0 Å². The molecule has 1 saturated carbocycles. The van der Waals surface area contributed by atoms with E-state index in [9.17, 15) is 13.9 Å². The highest BCUT2D eigenvalue weighted by molar-refractivity contribution is 9.10. The molecule has 3 rings (SSSR count). The molecule has 1 fully saturated rings. The van der Waals surface area contributed by atoms with Gasteiger partial charge in [0.2, 0.25) is 5.95 Å². The lowest BCUT2D eigenvalue weighted by molar-refractivity contribution is 0.121. The Labute approximate surface area is 141 Å². The van der Waals surface area contributed by atoms with E-state index in [4.69, 9.17) is 0 Å². The van der Waals surface area contributed by atoms with Gasteiger partial charge in [-0.25, -0.2) is 18.3 Å². The average molecular weight is 389 g/mol. The largest absolute Gasteiger partial charge is 0.393 e. The lowest BCUT2D eigenvalue weighted by Gasteiger charge is -2.25. The number of nitrogens with zero attached hydrogens (tertiary/aromatic N) is 3. The maximum Gasteiger partial charge on any atom is 0.258 e. The van der Waals surface area contributed by atoms with Crippen molar-refractivity contribution in [1.82, 2.24) is 14.6 Å². The molecule has 1 aliphatic carbocycles. The molecule has 5 nitrogen and oxygen atoms in total. The molecular formula is C15H19BrF2N4O. The highest BCUT2D eigenvalue weighted by Gasteiger charge is 2.25. The summed E-state index contributed by atoms with van der Waals surface area (Å²) in [5.41, 5.74) is 1.83. The van der Waals surface area contributed by atoms with Crippen molar-refractivity contribution in [1.29, 1.82) is 0 Å². The number of fused-ring (bicyclic) bond motifs is 1. The third kappa shape index (κ3) is 3.47. The number of hydrogen-bond acceptors (Lipinski definition) is 4. The van der Waals surface area contributed by atoms with Gasteiger partial charge < -0.3 is 10.4 Å². The normalized spacial score (nSPS) is 23.4. The molecule has 23 heavy (non-hydrogen) atoms. The van der Waals surface area contributed by atoms with Gasteiger partial charge in [0.15, 0.2) is 0 Å². The van der Waals surface area contributed by atoms with Crippen LogP contribution in [0.25, 0.3) is 5.52 Å². The average Bonchev–Trinajstić information content (AvgIpc) is 2.84. The Bertz CT molecular complexity index is 685. The summed E-state index contributed by atoms with van der Waals surface area (Å²) < 4.78 is 28.0. The first kappa shape index (κ1) is 16.6. The van der Waals surface area contributed by atoms with Crippen LogP contribution in [0.3, 0.4) is 0 Å². The van der Waals surface area contributed by atoms with Gasteiger partial charge in [-0.2, -0.15) is 0 Å². The van der Waals surface area contributed by atoms with Crippen molar-refractivity contribution < 1.29 is 13.9 Å². The molecule has 0 amide bonds. The van der Waals surface area contributed by atoms with E-state index in [1.807, 2.05) is 6.07 Å². The van der Waals surface area contributed by atoms with Crippen LogP contribution in [0.5, 0.6) is 0 Å². The lowest BCUT2D eigenvalue weighted by Crippen LogP contribution is -2.25. The third-order valence-corrected chi connectivity index (χ3v) is 4.98. The first-order chi connectivity index (χ1) is 11.0. The topological polar surface area (TPSA) is 62.5 Å². The van der Waals surface area contributed by atoms with Gasteiger partial charge in [-0.1, -0.05) is 0 Å². The first-order valence-electron chi connectivity index (χ1n) is 7.72. The molecule has 2 aromatic rings. The van der Waals surface area contributed by atoms with Gasteiger partial charge in [-0.15, -0.1) is 5.10 Å². The summed E-state index contributed by atoms with van der Waals surface area (Å²) >= 11 is 3.50. The number of alkyl halides is 2. The van der Waals surface area contributed by atoms with E-state index in [2.05, 4.69) is 31.3 Å². The summed E-state index contributed by atoms with van der Waals surface area (Å²) in [4.78, 5) is 4.11. The fourth-order valence-electron chi connectivity index (χ4n) is 2.97. The van der Waals surface area contributed by atoms with E-state index in [-0.39, 0.29) is 12.1 Å². The van der Waals surface area contributed by atoms with Crippen LogP contribution in [-0.2, 0) is 0 Å². The molecule has 2 N–H and O–H groups in total. The van der Waals surface area contributed by atoms with E-state index in [1.165, 1.54) is 6.92 Å². The molecule has 0 bridgehead atoms. The van der Waals surface area contributed by atoms with E-state index in [0.717, 1.165) is 41.4 Å². The van der Waals surface area contributed by atoms with Crippen LogP contribution in [0.15, 0.2) is 16.7 Å². The number of halogens is 3. The molecule has 0 spiro atoms. The van der Waals surface area contributed by atoms with Crippen LogP contribution in [0.1, 0.15) is 44.2 Å². The molecule has 1 atom stereocenters. The van der Waals surface area contributed by atoms with Gasteiger partial charge in [-0.05, 0) is 54.6 Å². The Morgan fingerprint density at radius 1 is 1.35 bits per heavy atom. The summed E-state index contributed by atoms with van der Waals surface area (Å²) in [6.45, 7) is 1.40. The number of nitrogens with one attached hydrogen (secondary N) is 1. The van der Waals surface area contributed by atoms with Gasteiger partial charge in [0, 0.05) is 16.1 Å². The van der Waals surface area contributed by atoms with Crippen molar-refractivity contribution in [3.05, 3.63) is 22.4 Å². The molecule has 1 unspecified atom stereocenters. The number of aliphatic hydroxyl groups excluding tert-OH is 1. The molecule has 2 heterocycles. The van der Waals surface area contributed by atoms with Gasteiger partial charge in [0.1, 0.15) is 0 Å². The molecule has 0 radical (unpaired) electrons. The summed E-state index contributed by atoms with van der Waals surface area (Å²) in [6.07, 6.45) is 2.24. The summed E-state index contributed by atoms with van der Waals surface area (Å²) in [6, 6.07) is 0.993. The minimum absolute atomic E-state index is 0.186. The maximum atomic E-state index is 12.7. The molecule has 2 aromatic heterocycles. The summed E-state index contributed by atoms with van der Waals surface area (Å²) in [5.74, 6) is 0.484. The smallest absolute Gasteiger partial charge is 0.258 e. The van der Waals surface area contributed by atoms with Crippen LogP contribution in [0, 0.1) is 0 Å². The van der Waals surface area contributed by atoms with E-state index in [0.29, 0.717) is 5.92 Å². The highest BCUT2D eigenvalue weighted by Crippen LogP contribution is 2.36. The van der Waals surface area contributed by atoms with Crippen molar-refractivity contribution in [2.45, 2.75) is 57.1 Å². The Hall–Kier alpha value is -1.28. The van der Waals surface area contributed by atoms with Gasteiger partial charge >= 0.3 is 0 Å². The zero-order valence-electron chi connectivity index (χ0n) is 12.7. The Balaban J connectivity index is 1.92. The predicted molar refractivity (Wildman–Crippen MR) is 87.0 cm³/mol. The second-order valence-electron chi connectivity index (χ2n) is 6.07. The summed E-state index contributed by atoms with van der Waals surface area (Å²) in [5, 5.41) is 16.7. The molecule has 126 valence electrons. The quantitative estimate of drug-likeness (QED) is 0.839. The molecule has 0 saturated heterocycles. The lowest BCUT2D eigenvalue weighted by atomic mass is 9.85. The van der Waals surface area contributed by atoms with E-state index < -0.39 is 12.5 Å². The van der Waals surface area contributed by atoms with Crippen LogP contribution in [0.4, 0.5) is 14.7 Å². The van der Waals surface area contributed by atoms with Crippen molar-refractivity contribution in [3.63, 3.8) is 0 Å². The van der Waals surface area contributed by atoms with Crippen LogP contribution < -0.4 is 5.32 Å². The first-order valence-corrected chi connectivity index (χ1v) is 8.52. The fourth-order valence-corrected chi connectivity index (χ4v) is 3.48. The van der Waals surface area contributed by atoms with Crippen molar-refractivity contribution in [3.8, 4) is 0 Å². The van der Waals surface area contributed by atoms with Crippen molar-refractivity contribution >= 4 is 27.4 Å². The number of rotatable bonds is 4. The van der Waals surface area contributed by atoms with E-state index in [1.54, 1.807) is 10.7 Å². The standard InChI is InChI=1S/C15H19BrF2N4O/c1-8(14(17)18)20-15-19-7-13-11(16)6-12(22(13)21-15)9-2-4-10(23)5-3-9/h6-10,14,23H,2-5H2,1H3,(H,20,21)/t8?,9-,10-. The molecule has 1 aliphatic rings. The number of aliphatic hydroxyl groups is 1. The van der Waals surface area contributed by atoms with Gasteiger partial charge in [0.25, 0.3) is 6.43 Å². The molecule has 0 aromatic carbocycles. The van der Waals surface area contributed by atoms with Crippen LogP contribution >= 0.6 is 15.9 Å². The second-order valence-corrected chi connectivity index (χ2v) is 6.92. The molecular weight excluding hydrogens is 370 g/mol. The maximum absolute atomic E-state index is 12.7. The molecule has 8 heteroatoms. The predicted octanol–water partition coefficient (Wildman–Crippen LogP) is 3.58. The summed E-state index contributed by atoms with van der Waals surface area (Å²) in [7, 11) is 0. The van der Waals surface area contributed by atoms with Gasteiger partial charge in [-0.3, -0.25) is 0 Å². The molecule has 0 aliphatic heterocycles. The zero-order valence-corrected chi connectivity index (χ0v) is 14.3. The monoisotopic (exact) mass is 388 g/mol. The Morgan fingerprint density at radius 3 is 2.70 bits per heavy atom. The SMILES string of the molecule is CC(Nc1ncc2c(Br)cc([C@H]3CC[C@H](O)CC3)n2n1)C(F)F. The van der Waals surface area contributed by atoms with Gasteiger partial charge in [0.05, 0.1) is 23.9 Å². The van der Waals surface area contributed by atoms with Crippen molar-refractivity contribution in [2.75, 3.05) is 5.32 Å². The number of hydrogen-bond donors (Lipinski definition) is 2. The Morgan fingerprint density at radius 2 is 2.04 bits per heavy atom. The fraction of sp³-hybridized carbons (Fsp3) is 0.600.